The number of likely N-dealkylation sites (tertiary alicyclic amines) is 1. The maximum Gasteiger partial charge on any atom is 0.123 e. The highest BCUT2D eigenvalue weighted by atomic mass is 19.1. The number of benzene rings is 1. The SMILES string of the molecule is C[C@H](Cc1ccc(F)cc1)N1CCC[C@@H]1CN. The molecule has 3 heteroatoms. The van der Waals surface area contributed by atoms with E-state index in [1.807, 2.05) is 12.1 Å². The third-order valence-electron chi connectivity index (χ3n) is 3.71. The molecule has 0 radical (unpaired) electrons. The molecule has 1 aliphatic rings. The molecule has 0 saturated carbocycles. The number of hydrogen-bond acceptors (Lipinski definition) is 2. The van der Waals surface area contributed by atoms with Crippen molar-refractivity contribution in [1.29, 1.82) is 0 Å². The Hall–Kier alpha value is -0.930. The molecule has 0 aliphatic carbocycles. The largest absolute Gasteiger partial charge is 0.329 e. The molecule has 2 rings (SSSR count). The van der Waals surface area contributed by atoms with E-state index < -0.39 is 0 Å². The van der Waals surface area contributed by atoms with Gasteiger partial charge in [0.15, 0.2) is 0 Å². The van der Waals surface area contributed by atoms with Crippen LogP contribution in [0.2, 0.25) is 0 Å². The van der Waals surface area contributed by atoms with E-state index in [1.165, 1.54) is 30.5 Å². The van der Waals surface area contributed by atoms with Gasteiger partial charge < -0.3 is 5.73 Å². The number of nitrogens with two attached hydrogens (primary N) is 1. The molecule has 2 N–H and O–H groups in total. The van der Waals surface area contributed by atoms with E-state index in [1.54, 1.807) is 0 Å². The maximum atomic E-state index is 12.8. The van der Waals surface area contributed by atoms with Gasteiger partial charge >= 0.3 is 0 Å². The highest BCUT2D eigenvalue weighted by Gasteiger charge is 2.27. The summed E-state index contributed by atoms with van der Waals surface area (Å²) in [5.74, 6) is -0.164. The monoisotopic (exact) mass is 236 g/mol. The summed E-state index contributed by atoms with van der Waals surface area (Å²) in [5.41, 5.74) is 6.98. The molecule has 0 spiro atoms. The third kappa shape index (κ3) is 3.05. The van der Waals surface area contributed by atoms with Crippen molar-refractivity contribution in [3.63, 3.8) is 0 Å². The fourth-order valence-corrected chi connectivity index (χ4v) is 2.77. The molecule has 1 fully saturated rings. The summed E-state index contributed by atoms with van der Waals surface area (Å²) >= 11 is 0. The van der Waals surface area contributed by atoms with Gasteiger partial charge in [0, 0.05) is 18.6 Å². The Morgan fingerprint density at radius 2 is 2.12 bits per heavy atom. The van der Waals surface area contributed by atoms with E-state index in [0.29, 0.717) is 12.1 Å². The number of halogens is 1. The Balaban J connectivity index is 1.96. The summed E-state index contributed by atoms with van der Waals surface area (Å²) in [6.45, 7) is 4.12. The van der Waals surface area contributed by atoms with Gasteiger partial charge in [0.25, 0.3) is 0 Å². The predicted octanol–water partition coefficient (Wildman–Crippen LogP) is 2.18. The highest BCUT2D eigenvalue weighted by molar-refractivity contribution is 5.17. The Bertz CT molecular complexity index is 350. The van der Waals surface area contributed by atoms with Crippen LogP contribution in [0.4, 0.5) is 4.39 Å². The minimum absolute atomic E-state index is 0.164. The van der Waals surface area contributed by atoms with Crippen molar-refractivity contribution < 1.29 is 4.39 Å². The van der Waals surface area contributed by atoms with Crippen molar-refractivity contribution in [2.75, 3.05) is 13.1 Å². The van der Waals surface area contributed by atoms with Crippen molar-refractivity contribution in [3.05, 3.63) is 35.6 Å². The van der Waals surface area contributed by atoms with Gasteiger partial charge in [-0.05, 0) is 50.4 Å². The molecule has 1 saturated heterocycles. The molecule has 0 unspecified atom stereocenters. The van der Waals surface area contributed by atoms with Crippen LogP contribution in [0.15, 0.2) is 24.3 Å². The quantitative estimate of drug-likeness (QED) is 0.868. The third-order valence-corrected chi connectivity index (χ3v) is 3.71. The second-order valence-corrected chi connectivity index (χ2v) is 4.95. The number of nitrogens with zero attached hydrogens (tertiary/aromatic N) is 1. The Kier molecular flexibility index (Phi) is 4.13. The summed E-state index contributed by atoms with van der Waals surface area (Å²) in [6, 6.07) is 7.83. The second-order valence-electron chi connectivity index (χ2n) is 4.95. The summed E-state index contributed by atoms with van der Waals surface area (Å²) in [5, 5.41) is 0. The normalized spacial score (nSPS) is 22.9. The van der Waals surface area contributed by atoms with Gasteiger partial charge in [-0.15, -0.1) is 0 Å². The van der Waals surface area contributed by atoms with Gasteiger partial charge in [0.05, 0.1) is 0 Å². The molecule has 0 amide bonds. The zero-order chi connectivity index (χ0) is 12.3. The van der Waals surface area contributed by atoms with E-state index in [9.17, 15) is 4.39 Å². The highest BCUT2D eigenvalue weighted by Crippen LogP contribution is 2.21. The summed E-state index contributed by atoms with van der Waals surface area (Å²) < 4.78 is 12.8. The van der Waals surface area contributed by atoms with E-state index in [0.717, 1.165) is 19.5 Å². The van der Waals surface area contributed by atoms with E-state index in [4.69, 9.17) is 5.73 Å². The first-order valence-corrected chi connectivity index (χ1v) is 6.41. The molecule has 1 aliphatic heterocycles. The van der Waals surface area contributed by atoms with Crippen molar-refractivity contribution in [2.45, 2.75) is 38.3 Å². The van der Waals surface area contributed by atoms with E-state index in [2.05, 4.69) is 11.8 Å². The molecule has 1 heterocycles. The molecule has 0 bridgehead atoms. The lowest BCUT2D eigenvalue weighted by atomic mass is 10.1. The molecule has 94 valence electrons. The summed E-state index contributed by atoms with van der Waals surface area (Å²) in [4.78, 5) is 2.49. The first-order valence-electron chi connectivity index (χ1n) is 6.41. The molecule has 1 aromatic carbocycles. The Labute approximate surface area is 103 Å². The Morgan fingerprint density at radius 1 is 1.41 bits per heavy atom. The first kappa shape index (κ1) is 12.5. The zero-order valence-corrected chi connectivity index (χ0v) is 10.4. The van der Waals surface area contributed by atoms with Crippen molar-refractivity contribution >= 4 is 0 Å². The average molecular weight is 236 g/mol. The minimum atomic E-state index is -0.164. The van der Waals surface area contributed by atoms with Crippen LogP contribution in [0.3, 0.4) is 0 Å². The smallest absolute Gasteiger partial charge is 0.123 e. The van der Waals surface area contributed by atoms with Crippen LogP contribution in [0.1, 0.15) is 25.3 Å². The molecule has 0 aromatic heterocycles. The number of rotatable bonds is 4. The molecule has 2 nitrogen and oxygen atoms in total. The van der Waals surface area contributed by atoms with Gasteiger partial charge in [-0.2, -0.15) is 0 Å². The summed E-state index contributed by atoms with van der Waals surface area (Å²) in [7, 11) is 0. The van der Waals surface area contributed by atoms with Crippen LogP contribution < -0.4 is 5.73 Å². The van der Waals surface area contributed by atoms with Gasteiger partial charge in [-0.1, -0.05) is 12.1 Å². The average Bonchev–Trinajstić information content (AvgIpc) is 2.80. The fourth-order valence-electron chi connectivity index (χ4n) is 2.77. The first-order chi connectivity index (χ1) is 8.20. The van der Waals surface area contributed by atoms with Crippen LogP contribution in [0.5, 0.6) is 0 Å². The van der Waals surface area contributed by atoms with Gasteiger partial charge in [0.1, 0.15) is 5.82 Å². The molecular formula is C14H21FN2. The fraction of sp³-hybridized carbons (Fsp3) is 0.571. The lowest BCUT2D eigenvalue weighted by molar-refractivity contribution is 0.194. The number of hydrogen-bond donors (Lipinski definition) is 1. The van der Waals surface area contributed by atoms with E-state index in [-0.39, 0.29) is 5.82 Å². The van der Waals surface area contributed by atoms with Crippen LogP contribution in [0, 0.1) is 5.82 Å². The van der Waals surface area contributed by atoms with Crippen LogP contribution in [0.25, 0.3) is 0 Å². The lowest BCUT2D eigenvalue weighted by Crippen LogP contribution is -2.42. The van der Waals surface area contributed by atoms with Crippen LogP contribution in [-0.2, 0) is 6.42 Å². The predicted molar refractivity (Wildman–Crippen MR) is 68.3 cm³/mol. The minimum Gasteiger partial charge on any atom is -0.329 e. The van der Waals surface area contributed by atoms with Crippen LogP contribution in [-0.4, -0.2) is 30.1 Å². The lowest BCUT2D eigenvalue weighted by Gasteiger charge is -2.30. The topological polar surface area (TPSA) is 29.3 Å². The molecule has 2 atom stereocenters. The maximum absolute atomic E-state index is 12.8. The standard InChI is InChI=1S/C14H21FN2/c1-11(17-8-2-3-14(17)10-16)9-12-4-6-13(15)7-5-12/h4-7,11,14H,2-3,8-10,16H2,1H3/t11-,14-/m1/s1. The zero-order valence-electron chi connectivity index (χ0n) is 10.4. The summed E-state index contributed by atoms with van der Waals surface area (Å²) in [6.07, 6.45) is 3.43. The van der Waals surface area contributed by atoms with Crippen molar-refractivity contribution in [2.24, 2.45) is 5.73 Å². The molecule has 17 heavy (non-hydrogen) atoms. The van der Waals surface area contributed by atoms with Crippen molar-refractivity contribution in [3.8, 4) is 0 Å². The van der Waals surface area contributed by atoms with Gasteiger partial charge in [-0.25, -0.2) is 4.39 Å². The Morgan fingerprint density at radius 3 is 2.76 bits per heavy atom. The molecule has 1 aromatic rings. The van der Waals surface area contributed by atoms with Crippen LogP contribution >= 0.6 is 0 Å². The van der Waals surface area contributed by atoms with Gasteiger partial charge in [-0.3, -0.25) is 4.90 Å². The molecular weight excluding hydrogens is 215 g/mol. The second kappa shape index (κ2) is 5.61. The van der Waals surface area contributed by atoms with Crippen molar-refractivity contribution in [1.82, 2.24) is 4.90 Å². The van der Waals surface area contributed by atoms with Gasteiger partial charge in [0.2, 0.25) is 0 Å². The van der Waals surface area contributed by atoms with E-state index >= 15 is 0 Å².